The zero-order valence-electron chi connectivity index (χ0n) is 19.4. The summed E-state index contributed by atoms with van der Waals surface area (Å²) in [6.45, 7) is 1.08. The van der Waals surface area contributed by atoms with Crippen LogP contribution < -0.4 is 5.32 Å². The number of hydrogen-bond donors (Lipinski definition) is 1. The maximum absolute atomic E-state index is 13.5. The summed E-state index contributed by atoms with van der Waals surface area (Å²) < 4.78 is 86.0. The number of imidazole rings is 1. The molecule has 2 aromatic carbocycles. The molecule has 0 saturated carbocycles. The van der Waals surface area contributed by atoms with Gasteiger partial charge in [-0.3, -0.25) is 4.68 Å². The summed E-state index contributed by atoms with van der Waals surface area (Å²) in [4.78, 5) is 8.89. The molecule has 0 bridgehead atoms. The molecule has 3 aromatic rings. The van der Waals surface area contributed by atoms with Crippen LogP contribution in [0.5, 0.6) is 0 Å². The molecule has 5 rings (SSSR count). The first-order valence-corrected chi connectivity index (χ1v) is 11.2. The molecule has 0 atom stereocenters. The molecule has 0 saturated heterocycles. The number of alkyl halides is 6. The molecule has 38 heavy (non-hydrogen) atoms. The molecule has 13 heteroatoms. The van der Waals surface area contributed by atoms with Gasteiger partial charge in [0.15, 0.2) is 5.76 Å². The first kappa shape index (κ1) is 25.4. The van der Waals surface area contributed by atoms with Gasteiger partial charge in [-0.1, -0.05) is 41.6 Å². The summed E-state index contributed by atoms with van der Waals surface area (Å²) in [7, 11) is 0. The maximum Gasteiger partial charge on any atom is 0.417 e. The van der Waals surface area contributed by atoms with Gasteiger partial charge in [0, 0.05) is 18.2 Å². The van der Waals surface area contributed by atoms with Crippen molar-refractivity contribution >= 4 is 0 Å². The minimum atomic E-state index is -5.03. The molecule has 196 valence electrons. The summed E-state index contributed by atoms with van der Waals surface area (Å²) in [6, 6.07) is 12.4. The second kappa shape index (κ2) is 9.89. The average Bonchev–Trinajstić information content (AvgIpc) is 3.50. The molecule has 2 aliphatic rings. The number of rotatable bonds is 7. The van der Waals surface area contributed by atoms with Crippen molar-refractivity contribution in [3.63, 3.8) is 0 Å². The Morgan fingerprint density at radius 3 is 2.32 bits per heavy atom. The average molecular weight is 532 g/mol. The third kappa shape index (κ3) is 5.67. The second-order valence-electron chi connectivity index (χ2n) is 8.41. The molecule has 0 radical (unpaired) electrons. The number of halogens is 6. The zero-order valence-corrected chi connectivity index (χ0v) is 19.4. The van der Waals surface area contributed by atoms with Crippen molar-refractivity contribution < 1.29 is 30.9 Å². The van der Waals surface area contributed by atoms with Gasteiger partial charge in [-0.05, 0) is 17.7 Å². The minimum absolute atomic E-state index is 0.000619. The van der Waals surface area contributed by atoms with Crippen molar-refractivity contribution in [2.24, 2.45) is 0 Å². The van der Waals surface area contributed by atoms with Crippen molar-refractivity contribution in [2.75, 3.05) is 0 Å². The van der Waals surface area contributed by atoms with Crippen molar-refractivity contribution in [1.82, 2.24) is 30.2 Å². The minimum Gasteiger partial charge on any atom is -0.359 e. The fourth-order valence-corrected chi connectivity index (χ4v) is 3.84. The van der Waals surface area contributed by atoms with E-state index in [-0.39, 0.29) is 24.1 Å². The van der Waals surface area contributed by atoms with E-state index in [9.17, 15) is 26.3 Å². The van der Waals surface area contributed by atoms with Crippen molar-refractivity contribution in [3.8, 4) is 22.6 Å². The SMILES string of the molecule is FC(F)(F)c1ccc(-c2cc(Cn3cc4nc(CNCc5ccccc5)nc-4cn3)on2)c(C(F)(F)F)c1. The highest BCUT2D eigenvalue weighted by atomic mass is 19.4. The van der Waals surface area contributed by atoms with Crippen LogP contribution in [0.1, 0.15) is 28.3 Å². The number of hydrogen-bond acceptors (Lipinski definition) is 6. The quantitative estimate of drug-likeness (QED) is 0.267. The van der Waals surface area contributed by atoms with E-state index in [1.807, 2.05) is 30.3 Å². The van der Waals surface area contributed by atoms with E-state index in [0.29, 0.717) is 36.4 Å². The van der Waals surface area contributed by atoms with Crippen LogP contribution in [0.4, 0.5) is 26.3 Å². The predicted octanol–water partition coefficient (Wildman–Crippen LogP) is 5.81. The van der Waals surface area contributed by atoms with E-state index in [4.69, 9.17) is 4.52 Å². The third-order valence-corrected chi connectivity index (χ3v) is 5.62. The summed E-state index contributed by atoms with van der Waals surface area (Å²) in [5.74, 6) is 0.716. The summed E-state index contributed by atoms with van der Waals surface area (Å²) in [6.07, 6.45) is -6.85. The monoisotopic (exact) mass is 532 g/mol. The van der Waals surface area contributed by atoms with Crippen LogP contribution in [0.3, 0.4) is 0 Å². The Balaban J connectivity index is 1.31. The van der Waals surface area contributed by atoms with Crippen LogP contribution >= 0.6 is 0 Å². The fraction of sp³-hybridized carbons (Fsp3) is 0.200. The van der Waals surface area contributed by atoms with Crippen molar-refractivity contribution in [2.45, 2.75) is 32.0 Å². The Bertz CT molecular complexity index is 1510. The largest absolute Gasteiger partial charge is 0.417 e. The zero-order chi connectivity index (χ0) is 26.9. The standard InChI is InChI=1S/C25H18F6N6O/c26-24(27,28)16-6-7-18(19(8-16)25(29,30)31)20-9-17(38-36-20)13-37-14-22-21(11-33-37)34-23(35-22)12-32-10-15-4-2-1-3-5-15/h1-9,11,14,32H,10,12-13H2. The lowest BCUT2D eigenvalue weighted by molar-refractivity contribution is -0.142. The first-order valence-electron chi connectivity index (χ1n) is 11.2. The van der Waals surface area contributed by atoms with Gasteiger partial charge in [-0.15, -0.1) is 0 Å². The highest BCUT2D eigenvalue weighted by Gasteiger charge is 2.39. The Hall–Kier alpha value is -4.26. The normalized spacial score (nSPS) is 12.4. The van der Waals surface area contributed by atoms with Gasteiger partial charge >= 0.3 is 12.4 Å². The lowest BCUT2D eigenvalue weighted by atomic mass is 10.0. The van der Waals surface area contributed by atoms with E-state index in [1.54, 1.807) is 6.20 Å². The number of nitrogens with one attached hydrogen (secondary N) is 1. The van der Waals surface area contributed by atoms with Crippen LogP contribution in [-0.4, -0.2) is 24.9 Å². The number of benzene rings is 2. The van der Waals surface area contributed by atoms with Crippen LogP contribution in [0.2, 0.25) is 0 Å². The van der Waals surface area contributed by atoms with Crippen molar-refractivity contribution in [3.05, 3.63) is 95.3 Å². The smallest absolute Gasteiger partial charge is 0.359 e. The molecule has 3 heterocycles. The first-order chi connectivity index (χ1) is 18.1. The van der Waals surface area contributed by atoms with E-state index in [0.717, 1.165) is 11.6 Å². The molecule has 0 unspecified atom stereocenters. The number of fused-ring (bicyclic) bond motifs is 1. The van der Waals surface area contributed by atoms with Gasteiger partial charge in [0.25, 0.3) is 0 Å². The summed E-state index contributed by atoms with van der Waals surface area (Å²) in [5.41, 5.74) is -1.40. The van der Waals surface area contributed by atoms with Gasteiger partial charge in [-0.2, -0.15) is 31.4 Å². The Labute approximate surface area is 211 Å². The Morgan fingerprint density at radius 1 is 0.816 bits per heavy atom. The Morgan fingerprint density at radius 2 is 1.58 bits per heavy atom. The maximum atomic E-state index is 13.5. The van der Waals surface area contributed by atoms with E-state index >= 15 is 0 Å². The molecule has 7 nitrogen and oxygen atoms in total. The van der Waals surface area contributed by atoms with Gasteiger partial charge in [0.05, 0.1) is 30.1 Å². The van der Waals surface area contributed by atoms with Gasteiger partial charge in [0.1, 0.15) is 29.5 Å². The molecule has 0 fully saturated rings. The summed E-state index contributed by atoms with van der Waals surface area (Å²) >= 11 is 0. The lowest BCUT2D eigenvalue weighted by Gasteiger charge is -2.14. The lowest BCUT2D eigenvalue weighted by Crippen LogP contribution is -2.13. The highest BCUT2D eigenvalue weighted by Crippen LogP contribution is 2.40. The molecule has 0 spiro atoms. The number of aromatic nitrogens is 5. The molecule has 0 aliphatic carbocycles. The molecule has 0 amide bonds. The molecule has 1 aromatic heterocycles. The van der Waals surface area contributed by atoms with Gasteiger partial charge < -0.3 is 9.84 Å². The topological polar surface area (TPSA) is 81.7 Å². The molecule has 2 aliphatic heterocycles. The van der Waals surface area contributed by atoms with Gasteiger partial charge in [-0.25, -0.2) is 9.97 Å². The highest BCUT2D eigenvalue weighted by molar-refractivity contribution is 5.65. The molecular formula is C25H18F6N6O. The van der Waals surface area contributed by atoms with Crippen molar-refractivity contribution in [1.29, 1.82) is 0 Å². The van der Waals surface area contributed by atoms with Crippen LogP contribution in [0, 0.1) is 0 Å². The van der Waals surface area contributed by atoms with E-state index in [1.165, 1.54) is 16.9 Å². The van der Waals surface area contributed by atoms with Crippen LogP contribution in [0.25, 0.3) is 22.6 Å². The second-order valence-corrected chi connectivity index (χ2v) is 8.41. The van der Waals surface area contributed by atoms with E-state index in [2.05, 4.69) is 25.5 Å². The molecule has 1 N–H and O–H groups in total. The summed E-state index contributed by atoms with van der Waals surface area (Å²) in [5, 5.41) is 11.1. The van der Waals surface area contributed by atoms with E-state index < -0.39 is 29.0 Å². The third-order valence-electron chi connectivity index (χ3n) is 5.62. The van der Waals surface area contributed by atoms with Crippen LogP contribution in [0.15, 0.2) is 71.5 Å². The van der Waals surface area contributed by atoms with Gasteiger partial charge in [0.2, 0.25) is 0 Å². The van der Waals surface area contributed by atoms with Crippen LogP contribution in [-0.2, 0) is 32.0 Å². The Kier molecular flexibility index (Phi) is 6.61. The number of nitrogens with zero attached hydrogens (tertiary/aromatic N) is 5. The molecular weight excluding hydrogens is 514 g/mol. The fourth-order valence-electron chi connectivity index (χ4n) is 3.84. The predicted molar refractivity (Wildman–Crippen MR) is 122 cm³/mol.